The van der Waals surface area contributed by atoms with Crippen LogP contribution in [0.15, 0.2) is 23.5 Å². The van der Waals surface area contributed by atoms with Crippen molar-refractivity contribution in [2.45, 2.75) is 51.6 Å². The fraction of sp³-hybridized carbons (Fsp3) is 0.538. The second-order valence-corrected chi connectivity index (χ2v) is 9.46. The maximum Gasteiger partial charge on any atom is 0.219 e. The zero-order chi connectivity index (χ0) is 24.4. The van der Waals surface area contributed by atoms with Crippen LogP contribution in [-0.2, 0) is 28.9 Å². The van der Waals surface area contributed by atoms with Gasteiger partial charge >= 0.3 is 0 Å². The van der Waals surface area contributed by atoms with Gasteiger partial charge in [0.25, 0.3) is 0 Å². The highest BCUT2D eigenvalue weighted by molar-refractivity contribution is 6.09. The van der Waals surface area contributed by atoms with Crippen LogP contribution in [0.3, 0.4) is 0 Å². The lowest BCUT2D eigenvalue weighted by atomic mass is 9.99. The zero-order valence-electron chi connectivity index (χ0n) is 21.0. The van der Waals surface area contributed by atoms with Gasteiger partial charge in [0, 0.05) is 83.0 Å². The molecular weight excluding hydrogens is 442 g/mol. The molecule has 9 nitrogen and oxygen atoms in total. The molecule has 3 aliphatic heterocycles. The smallest absolute Gasteiger partial charge is 0.219 e. The lowest BCUT2D eigenvalue weighted by Crippen LogP contribution is -2.36. The fourth-order valence-electron chi connectivity index (χ4n) is 5.48. The number of anilines is 2. The molecule has 0 aliphatic carbocycles. The van der Waals surface area contributed by atoms with Crippen LogP contribution < -0.4 is 10.2 Å². The van der Waals surface area contributed by atoms with Crippen molar-refractivity contribution in [1.29, 1.82) is 0 Å². The molecule has 0 radical (unpaired) electrons. The van der Waals surface area contributed by atoms with Crippen LogP contribution in [0, 0.1) is 0 Å². The van der Waals surface area contributed by atoms with E-state index in [1.165, 1.54) is 16.8 Å². The predicted octanol–water partition coefficient (Wildman–Crippen LogP) is 2.88. The van der Waals surface area contributed by atoms with Gasteiger partial charge in [-0.25, -0.2) is 0 Å². The number of aliphatic imine (C=N–C) groups is 1. The van der Waals surface area contributed by atoms with Crippen molar-refractivity contribution in [3.05, 3.63) is 41.0 Å². The highest BCUT2D eigenvalue weighted by atomic mass is 16.5. The number of carbonyl (C=O) groups is 1. The topological polar surface area (TPSA) is 87.9 Å². The van der Waals surface area contributed by atoms with E-state index in [-0.39, 0.29) is 5.91 Å². The van der Waals surface area contributed by atoms with Crippen molar-refractivity contribution < 1.29 is 9.53 Å². The summed E-state index contributed by atoms with van der Waals surface area (Å²) in [7, 11) is 3.65. The molecule has 1 N–H and O–H groups in total. The lowest BCUT2D eigenvalue weighted by molar-refractivity contribution is -0.129. The second-order valence-electron chi connectivity index (χ2n) is 9.46. The Labute approximate surface area is 206 Å². The number of amides is 1. The van der Waals surface area contributed by atoms with E-state index in [1.54, 1.807) is 14.0 Å². The van der Waals surface area contributed by atoms with Crippen molar-refractivity contribution >= 4 is 29.2 Å². The minimum Gasteiger partial charge on any atom is -0.393 e. The molecule has 1 saturated heterocycles. The summed E-state index contributed by atoms with van der Waals surface area (Å²) in [6, 6.07) is 2.53. The van der Waals surface area contributed by atoms with Crippen LogP contribution in [0.4, 0.5) is 11.5 Å². The van der Waals surface area contributed by atoms with E-state index < -0.39 is 0 Å². The Morgan fingerprint density at radius 1 is 1.26 bits per heavy atom. The molecule has 0 spiro atoms. The van der Waals surface area contributed by atoms with Gasteiger partial charge in [-0.2, -0.15) is 5.10 Å². The quantitative estimate of drug-likeness (QED) is 0.667. The number of rotatable bonds is 5. The average Bonchev–Trinajstić information content (AvgIpc) is 3.27. The summed E-state index contributed by atoms with van der Waals surface area (Å²) in [6.45, 7) is 5.46. The van der Waals surface area contributed by atoms with Gasteiger partial charge in [-0.3, -0.25) is 19.5 Å². The Kier molecular flexibility index (Phi) is 6.86. The van der Waals surface area contributed by atoms with E-state index in [0.717, 1.165) is 81.2 Å². The molecule has 0 aromatic carbocycles. The molecule has 5 rings (SSSR count). The minimum atomic E-state index is 0.118. The van der Waals surface area contributed by atoms with E-state index in [9.17, 15) is 4.79 Å². The highest BCUT2D eigenvalue weighted by Gasteiger charge is 2.33. The van der Waals surface area contributed by atoms with Crippen LogP contribution in [0.2, 0.25) is 0 Å². The monoisotopic (exact) mass is 477 g/mol. The van der Waals surface area contributed by atoms with Crippen molar-refractivity contribution in [3.8, 4) is 0 Å². The summed E-state index contributed by atoms with van der Waals surface area (Å²) in [4.78, 5) is 25.5. The molecule has 0 atom stereocenters. The van der Waals surface area contributed by atoms with Gasteiger partial charge in [-0.15, -0.1) is 0 Å². The first-order valence-electron chi connectivity index (χ1n) is 12.6. The normalized spacial score (nSPS) is 19.1. The molecule has 3 aliphatic rings. The molecule has 0 saturated carbocycles. The first-order chi connectivity index (χ1) is 17.1. The van der Waals surface area contributed by atoms with Gasteiger partial charge in [0.1, 0.15) is 0 Å². The van der Waals surface area contributed by atoms with E-state index in [2.05, 4.69) is 26.0 Å². The maximum absolute atomic E-state index is 12.2. The zero-order valence-corrected chi connectivity index (χ0v) is 21.0. The molecule has 1 fully saturated rings. The van der Waals surface area contributed by atoms with Gasteiger partial charge in [0.2, 0.25) is 5.91 Å². The summed E-state index contributed by atoms with van der Waals surface area (Å²) in [5, 5.41) is 8.32. The molecule has 9 heteroatoms. The third-order valence-electron chi connectivity index (χ3n) is 7.25. The fourth-order valence-corrected chi connectivity index (χ4v) is 5.48. The number of allylic oxidation sites excluding steroid dienone is 1. The van der Waals surface area contributed by atoms with Crippen LogP contribution in [-0.4, -0.2) is 72.2 Å². The highest BCUT2D eigenvalue weighted by Crippen LogP contribution is 2.39. The molecule has 35 heavy (non-hydrogen) atoms. The van der Waals surface area contributed by atoms with Gasteiger partial charge in [-0.1, -0.05) is 0 Å². The summed E-state index contributed by atoms with van der Waals surface area (Å²) < 4.78 is 7.87. The summed E-state index contributed by atoms with van der Waals surface area (Å²) >= 11 is 0. The summed E-state index contributed by atoms with van der Waals surface area (Å²) in [5.74, 6) is 1.10. The predicted molar refractivity (Wildman–Crippen MR) is 137 cm³/mol. The largest absolute Gasteiger partial charge is 0.393 e. The summed E-state index contributed by atoms with van der Waals surface area (Å²) in [5.41, 5.74) is 6.69. The number of aryl methyl sites for hydroxylation is 1. The van der Waals surface area contributed by atoms with Crippen LogP contribution in [0.1, 0.15) is 54.7 Å². The van der Waals surface area contributed by atoms with Crippen molar-refractivity contribution in [3.63, 3.8) is 0 Å². The molecular formula is C26H35N7O2. The molecule has 5 heterocycles. The Bertz CT molecular complexity index is 1150. The molecule has 1 amide bonds. The van der Waals surface area contributed by atoms with Crippen LogP contribution >= 0.6 is 0 Å². The number of carbonyl (C=O) groups excluding carboxylic acids is 1. The van der Waals surface area contributed by atoms with Crippen LogP contribution in [0.25, 0.3) is 5.57 Å². The molecule has 2 aromatic heterocycles. The van der Waals surface area contributed by atoms with Crippen molar-refractivity contribution in [1.82, 2.24) is 25.0 Å². The first-order valence-corrected chi connectivity index (χ1v) is 12.6. The standard InChI is InChI=1S/C26H35N7O2/c1-18(34)31-10-6-24-22(17-31)26(30-33(24)21-7-11-35-12-8-21)32-9-4-5-19-13-23(29-16-25(19)32)20(14-27-2)15-28-3/h13-16,21,27H,4-12,17H2,1-3H3/b20-14+,28-15?. The third kappa shape index (κ3) is 4.57. The molecule has 186 valence electrons. The van der Waals surface area contributed by atoms with E-state index in [4.69, 9.17) is 14.8 Å². The molecule has 0 unspecified atom stereocenters. The van der Waals surface area contributed by atoms with Gasteiger partial charge < -0.3 is 19.9 Å². The maximum atomic E-state index is 12.2. The number of fused-ring (bicyclic) bond motifs is 2. The number of pyridine rings is 1. The SMILES string of the molecule is CN=C/C(=C\NC)c1cc2c(cn1)N(c1nn(C3CCOCC3)c3c1CN(C(C)=O)CC3)CCC2. The number of nitrogens with zero attached hydrogens (tertiary/aromatic N) is 6. The summed E-state index contributed by atoms with van der Waals surface area (Å²) in [6.07, 6.45) is 10.6. The molecule has 2 aromatic rings. The molecule has 0 bridgehead atoms. The Balaban J connectivity index is 1.56. The van der Waals surface area contributed by atoms with Gasteiger partial charge in [-0.05, 0) is 37.3 Å². The first kappa shape index (κ1) is 23.5. The Morgan fingerprint density at radius 2 is 2.09 bits per heavy atom. The second kappa shape index (κ2) is 10.2. The number of nitrogens with one attached hydrogen (secondary N) is 1. The van der Waals surface area contributed by atoms with Crippen molar-refractivity contribution in [2.24, 2.45) is 4.99 Å². The van der Waals surface area contributed by atoms with E-state index >= 15 is 0 Å². The number of ether oxygens (including phenoxy) is 1. The average molecular weight is 478 g/mol. The number of hydrogen-bond donors (Lipinski definition) is 1. The van der Waals surface area contributed by atoms with Crippen molar-refractivity contribution in [2.75, 3.05) is 45.3 Å². The van der Waals surface area contributed by atoms with E-state index in [1.807, 2.05) is 30.6 Å². The van der Waals surface area contributed by atoms with Gasteiger partial charge in [0.15, 0.2) is 5.82 Å². The third-order valence-corrected chi connectivity index (χ3v) is 7.25. The minimum absolute atomic E-state index is 0.118. The number of hydrogen-bond acceptors (Lipinski definition) is 7. The Morgan fingerprint density at radius 3 is 2.83 bits per heavy atom. The van der Waals surface area contributed by atoms with Gasteiger partial charge in [0.05, 0.1) is 30.2 Å². The lowest BCUT2D eigenvalue weighted by Gasteiger charge is -2.32. The van der Waals surface area contributed by atoms with Crippen LogP contribution in [0.5, 0.6) is 0 Å². The number of aromatic nitrogens is 3. The van der Waals surface area contributed by atoms with E-state index in [0.29, 0.717) is 12.6 Å². The Hall–Kier alpha value is -3.20.